The number of amides is 1. The van der Waals surface area contributed by atoms with E-state index in [1.165, 1.54) is 6.08 Å². The number of allylic oxidation sites excluding steroid dienone is 2. The lowest BCUT2D eigenvalue weighted by Crippen LogP contribution is -2.25. The molecule has 1 aliphatic carbocycles. The Labute approximate surface area is 131 Å². The van der Waals surface area contributed by atoms with Crippen molar-refractivity contribution in [2.24, 2.45) is 11.1 Å². The van der Waals surface area contributed by atoms with Gasteiger partial charge in [0.1, 0.15) is 0 Å². The van der Waals surface area contributed by atoms with E-state index in [1.807, 2.05) is 12.1 Å². The standard InChI is InChI=1S/C18H23N3O/c1-4-16(22)21-13-7-5-6-12(10-13)17(20)14-11-18(2,3)9-8-15(14)19/h4-7,10,20H,1,8-9,11,19H2,2-3H3,(H,21,22). The van der Waals surface area contributed by atoms with Crippen LogP contribution in [0.15, 0.2) is 48.2 Å². The summed E-state index contributed by atoms with van der Waals surface area (Å²) in [6.45, 7) is 7.84. The molecule has 0 unspecified atom stereocenters. The van der Waals surface area contributed by atoms with Gasteiger partial charge in [-0.05, 0) is 48.5 Å². The highest BCUT2D eigenvalue weighted by atomic mass is 16.1. The molecule has 4 heteroatoms. The van der Waals surface area contributed by atoms with Crippen molar-refractivity contribution in [2.75, 3.05) is 5.32 Å². The maximum Gasteiger partial charge on any atom is 0.247 e. The summed E-state index contributed by atoms with van der Waals surface area (Å²) in [5.41, 5.74) is 9.89. The van der Waals surface area contributed by atoms with Crippen LogP contribution in [0.4, 0.5) is 5.69 Å². The molecule has 2 rings (SSSR count). The smallest absolute Gasteiger partial charge is 0.247 e. The molecule has 4 nitrogen and oxygen atoms in total. The molecule has 1 aromatic rings. The Morgan fingerprint density at radius 2 is 2.18 bits per heavy atom. The van der Waals surface area contributed by atoms with Gasteiger partial charge in [-0.15, -0.1) is 0 Å². The number of carbonyl (C=O) groups excluding carboxylic acids is 1. The number of carbonyl (C=O) groups is 1. The van der Waals surface area contributed by atoms with Gasteiger partial charge >= 0.3 is 0 Å². The van der Waals surface area contributed by atoms with Crippen molar-refractivity contribution in [2.45, 2.75) is 33.1 Å². The van der Waals surface area contributed by atoms with Crippen LogP contribution < -0.4 is 11.1 Å². The molecule has 0 radical (unpaired) electrons. The first-order valence-corrected chi connectivity index (χ1v) is 7.43. The lowest BCUT2D eigenvalue weighted by atomic mass is 9.74. The van der Waals surface area contributed by atoms with Crippen LogP contribution in [0.25, 0.3) is 0 Å². The van der Waals surface area contributed by atoms with Crippen LogP contribution in [0.2, 0.25) is 0 Å². The molecule has 0 spiro atoms. The van der Waals surface area contributed by atoms with E-state index in [4.69, 9.17) is 11.1 Å². The predicted molar refractivity (Wildman–Crippen MR) is 90.9 cm³/mol. The molecule has 0 heterocycles. The first-order chi connectivity index (χ1) is 10.3. The molecule has 116 valence electrons. The van der Waals surface area contributed by atoms with Gasteiger partial charge in [0, 0.05) is 16.9 Å². The minimum absolute atomic E-state index is 0.166. The van der Waals surface area contributed by atoms with E-state index in [0.717, 1.165) is 36.1 Å². The zero-order valence-corrected chi connectivity index (χ0v) is 13.2. The second-order valence-electron chi connectivity index (χ2n) is 6.49. The van der Waals surface area contributed by atoms with Crippen LogP contribution in [-0.4, -0.2) is 11.6 Å². The molecular formula is C18H23N3O. The monoisotopic (exact) mass is 297 g/mol. The Balaban J connectivity index is 2.28. The minimum Gasteiger partial charge on any atom is -0.402 e. The molecule has 0 saturated heterocycles. The average Bonchev–Trinajstić information content (AvgIpc) is 2.49. The fraction of sp³-hybridized carbons (Fsp3) is 0.333. The van der Waals surface area contributed by atoms with E-state index in [9.17, 15) is 4.79 Å². The van der Waals surface area contributed by atoms with Crippen molar-refractivity contribution in [3.05, 3.63) is 53.8 Å². The van der Waals surface area contributed by atoms with E-state index in [2.05, 4.69) is 25.7 Å². The molecule has 0 aliphatic heterocycles. The van der Waals surface area contributed by atoms with Gasteiger partial charge in [-0.25, -0.2) is 0 Å². The van der Waals surface area contributed by atoms with E-state index in [-0.39, 0.29) is 11.3 Å². The summed E-state index contributed by atoms with van der Waals surface area (Å²) in [4.78, 5) is 11.4. The van der Waals surface area contributed by atoms with Crippen LogP contribution in [0.1, 0.15) is 38.7 Å². The molecule has 0 saturated carbocycles. The quantitative estimate of drug-likeness (QED) is 0.586. The third-order valence-corrected chi connectivity index (χ3v) is 4.02. The minimum atomic E-state index is -0.263. The van der Waals surface area contributed by atoms with E-state index in [1.54, 1.807) is 12.1 Å². The number of benzene rings is 1. The number of hydrogen-bond acceptors (Lipinski definition) is 3. The van der Waals surface area contributed by atoms with Gasteiger partial charge in [0.25, 0.3) is 0 Å². The summed E-state index contributed by atoms with van der Waals surface area (Å²) >= 11 is 0. The van der Waals surface area contributed by atoms with Gasteiger partial charge in [-0.1, -0.05) is 32.6 Å². The summed E-state index contributed by atoms with van der Waals surface area (Å²) in [6.07, 6.45) is 3.91. The number of rotatable bonds is 4. The largest absolute Gasteiger partial charge is 0.402 e. The average molecular weight is 297 g/mol. The summed E-state index contributed by atoms with van der Waals surface area (Å²) in [6, 6.07) is 7.29. The first kappa shape index (κ1) is 16.0. The van der Waals surface area contributed by atoms with Crippen molar-refractivity contribution in [1.29, 1.82) is 5.41 Å². The maximum atomic E-state index is 11.4. The van der Waals surface area contributed by atoms with Gasteiger partial charge in [0.2, 0.25) is 5.91 Å². The Hall–Kier alpha value is -2.36. The predicted octanol–water partition coefficient (Wildman–Crippen LogP) is 3.60. The van der Waals surface area contributed by atoms with Gasteiger partial charge in [0.15, 0.2) is 0 Å². The first-order valence-electron chi connectivity index (χ1n) is 7.43. The Kier molecular flexibility index (Phi) is 4.50. The van der Waals surface area contributed by atoms with Crippen LogP contribution >= 0.6 is 0 Å². The topological polar surface area (TPSA) is 79.0 Å². The van der Waals surface area contributed by atoms with E-state index < -0.39 is 0 Å². The summed E-state index contributed by atoms with van der Waals surface area (Å²) in [5, 5.41) is 11.2. The van der Waals surface area contributed by atoms with Gasteiger partial charge in [-0.3, -0.25) is 10.2 Å². The Bertz CT molecular complexity index is 656. The number of nitrogens with one attached hydrogen (secondary N) is 2. The molecule has 1 amide bonds. The molecule has 1 aliphatic rings. The van der Waals surface area contributed by atoms with Crippen molar-refractivity contribution >= 4 is 17.3 Å². The summed E-state index contributed by atoms with van der Waals surface area (Å²) in [7, 11) is 0. The van der Waals surface area contributed by atoms with Crippen molar-refractivity contribution in [1.82, 2.24) is 0 Å². The molecule has 1 aromatic carbocycles. The SMILES string of the molecule is C=CC(=O)Nc1cccc(C(=N)C2=C(N)CCC(C)(C)C2)c1. The maximum absolute atomic E-state index is 11.4. The number of anilines is 1. The fourth-order valence-corrected chi connectivity index (χ4v) is 2.67. The van der Waals surface area contributed by atoms with Gasteiger partial charge < -0.3 is 11.1 Å². The zero-order valence-electron chi connectivity index (χ0n) is 13.2. The molecule has 22 heavy (non-hydrogen) atoms. The lowest BCUT2D eigenvalue weighted by molar-refractivity contribution is -0.111. The van der Waals surface area contributed by atoms with Crippen LogP contribution in [0.3, 0.4) is 0 Å². The molecule has 0 aromatic heterocycles. The molecule has 0 fully saturated rings. The number of hydrogen-bond donors (Lipinski definition) is 3. The third kappa shape index (κ3) is 3.64. The second-order valence-corrected chi connectivity index (χ2v) is 6.49. The van der Waals surface area contributed by atoms with Crippen LogP contribution in [-0.2, 0) is 4.79 Å². The second kappa shape index (κ2) is 6.18. The Morgan fingerprint density at radius 1 is 1.45 bits per heavy atom. The van der Waals surface area contributed by atoms with Crippen molar-refractivity contribution in [3.8, 4) is 0 Å². The molecular weight excluding hydrogens is 274 g/mol. The highest BCUT2D eigenvalue weighted by molar-refractivity contribution is 6.12. The zero-order chi connectivity index (χ0) is 16.3. The van der Waals surface area contributed by atoms with E-state index >= 15 is 0 Å². The molecule has 0 atom stereocenters. The van der Waals surface area contributed by atoms with Crippen LogP contribution in [0.5, 0.6) is 0 Å². The fourth-order valence-electron chi connectivity index (χ4n) is 2.67. The third-order valence-electron chi connectivity index (χ3n) is 4.02. The lowest BCUT2D eigenvalue weighted by Gasteiger charge is -2.32. The van der Waals surface area contributed by atoms with Gasteiger partial charge in [-0.2, -0.15) is 0 Å². The van der Waals surface area contributed by atoms with E-state index in [0.29, 0.717) is 11.4 Å². The Morgan fingerprint density at radius 3 is 2.86 bits per heavy atom. The van der Waals surface area contributed by atoms with Crippen LogP contribution in [0, 0.1) is 10.8 Å². The highest BCUT2D eigenvalue weighted by Crippen LogP contribution is 2.38. The van der Waals surface area contributed by atoms with Crippen molar-refractivity contribution < 1.29 is 4.79 Å². The molecule has 4 N–H and O–H groups in total. The van der Waals surface area contributed by atoms with Gasteiger partial charge in [0.05, 0.1) is 5.71 Å². The number of nitrogens with two attached hydrogens (primary N) is 1. The summed E-state index contributed by atoms with van der Waals surface area (Å²) < 4.78 is 0. The normalized spacial score (nSPS) is 17.0. The summed E-state index contributed by atoms with van der Waals surface area (Å²) in [5.74, 6) is -0.263. The van der Waals surface area contributed by atoms with Crippen molar-refractivity contribution in [3.63, 3.8) is 0 Å². The molecule has 0 bridgehead atoms. The highest BCUT2D eigenvalue weighted by Gasteiger charge is 2.28.